The highest BCUT2D eigenvalue weighted by molar-refractivity contribution is 7.91. The number of urea groups is 1. The second-order valence-corrected chi connectivity index (χ2v) is 17.6. The molecular weight excluding hydrogens is 716 g/mol. The van der Waals surface area contributed by atoms with E-state index in [-0.39, 0.29) is 24.8 Å². The van der Waals surface area contributed by atoms with Gasteiger partial charge in [0.05, 0.1) is 24.3 Å². The maximum Gasteiger partial charge on any atom is 0.315 e. The molecule has 1 unspecified atom stereocenters. The van der Waals surface area contributed by atoms with Crippen molar-refractivity contribution < 1.29 is 41.1 Å². The van der Waals surface area contributed by atoms with Crippen molar-refractivity contribution in [3.8, 4) is 17.1 Å². The van der Waals surface area contributed by atoms with E-state index in [1.807, 2.05) is 4.72 Å². The molecule has 4 N–H and O–H groups in total. The van der Waals surface area contributed by atoms with Crippen LogP contribution < -0.4 is 25.4 Å². The maximum atomic E-state index is 14.5. The van der Waals surface area contributed by atoms with E-state index in [0.717, 1.165) is 32.1 Å². The van der Waals surface area contributed by atoms with Crippen molar-refractivity contribution in [1.82, 2.24) is 45.8 Å². The number of ether oxygens (including phenoxy) is 1. The highest BCUT2D eigenvalue weighted by Crippen LogP contribution is 2.48. The fourth-order valence-electron chi connectivity index (χ4n) is 7.17. The molecule has 0 bridgehead atoms. The molecule has 1 saturated heterocycles. The molecule has 5 atom stereocenters. The third-order valence-electron chi connectivity index (χ3n) is 10.6. The first kappa shape index (κ1) is 38.3. The molecule has 16 nitrogen and oxygen atoms in total. The summed E-state index contributed by atoms with van der Waals surface area (Å²) < 4.78 is 60.5. The van der Waals surface area contributed by atoms with Crippen LogP contribution in [0.2, 0.25) is 0 Å². The summed E-state index contributed by atoms with van der Waals surface area (Å²) in [5.41, 5.74) is -2.42. The van der Waals surface area contributed by atoms with Crippen molar-refractivity contribution in [1.29, 1.82) is 0 Å². The van der Waals surface area contributed by atoms with Gasteiger partial charge in [-0.1, -0.05) is 40.0 Å². The zero-order valence-corrected chi connectivity index (χ0v) is 31.0. The number of carbonyl (C=O) groups excluding carboxylic acids is 4. The van der Waals surface area contributed by atoms with Crippen LogP contribution in [0, 0.1) is 11.3 Å². The van der Waals surface area contributed by atoms with Crippen molar-refractivity contribution in [3.63, 3.8) is 0 Å². The molecule has 2 aromatic rings. The number of tetrazole rings is 1. The second-order valence-electron chi connectivity index (χ2n) is 15.6. The fourth-order valence-corrected chi connectivity index (χ4v) is 8.53. The number of sulfonamides is 1. The molecular formula is C34H47F2N9O7S. The number of rotatable bonds is 12. The predicted molar refractivity (Wildman–Crippen MR) is 186 cm³/mol. The van der Waals surface area contributed by atoms with Gasteiger partial charge in [0.25, 0.3) is 5.91 Å². The number of amides is 5. The van der Waals surface area contributed by atoms with E-state index in [2.05, 4.69) is 31.4 Å². The summed E-state index contributed by atoms with van der Waals surface area (Å²) in [6, 6.07) is 3.16. The van der Waals surface area contributed by atoms with E-state index in [1.165, 1.54) is 16.8 Å². The summed E-state index contributed by atoms with van der Waals surface area (Å²) in [5.74, 6) is -3.55. The number of hydrogen-bond donors (Lipinski definition) is 4. The average Bonchev–Trinajstić information content (AvgIpc) is 4.00. The quantitative estimate of drug-likeness (QED) is 0.248. The molecule has 4 fully saturated rings. The van der Waals surface area contributed by atoms with Crippen LogP contribution in [0.25, 0.3) is 11.4 Å². The van der Waals surface area contributed by atoms with Crippen LogP contribution in [0.3, 0.4) is 0 Å². The number of carbonyl (C=O) groups is 4. The molecule has 3 aliphatic carbocycles. The van der Waals surface area contributed by atoms with Gasteiger partial charge >= 0.3 is 6.03 Å². The maximum absolute atomic E-state index is 14.5. The summed E-state index contributed by atoms with van der Waals surface area (Å²) >= 11 is 0. The molecule has 0 spiro atoms. The molecule has 6 rings (SSSR count). The normalized spacial score (nSPS) is 25.4. The van der Waals surface area contributed by atoms with Gasteiger partial charge in [0.2, 0.25) is 34.1 Å². The van der Waals surface area contributed by atoms with E-state index in [4.69, 9.17) is 4.74 Å². The summed E-state index contributed by atoms with van der Waals surface area (Å²) in [5, 5.41) is 20.2. The first-order chi connectivity index (χ1) is 25.0. The minimum Gasteiger partial charge on any atom is -0.497 e. The Morgan fingerprint density at radius 2 is 1.70 bits per heavy atom. The Balaban J connectivity index is 1.27. The van der Waals surface area contributed by atoms with Gasteiger partial charge < -0.3 is 25.6 Å². The lowest BCUT2D eigenvalue weighted by molar-refractivity contribution is -0.142. The number of hydrogen-bond acceptors (Lipinski definition) is 10. The largest absolute Gasteiger partial charge is 0.497 e. The van der Waals surface area contributed by atoms with Gasteiger partial charge in [-0.05, 0) is 67.0 Å². The lowest BCUT2D eigenvalue weighted by Gasteiger charge is -2.36. The van der Waals surface area contributed by atoms with E-state index in [0.29, 0.717) is 24.2 Å². The van der Waals surface area contributed by atoms with E-state index in [9.17, 15) is 36.4 Å². The second kappa shape index (κ2) is 14.8. The number of benzene rings is 1. The highest BCUT2D eigenvalue weighted by atomic mass is 32.2. The SMILES string of the molecule is COc1ccc(-c2nnn([C@@H]3CC(C(=O)N[C@]4(C(=O)NS(=O)(=O)C5CC5)C[C@H]4C(F)F)N(C(=O)[C@@H](NC(=O)NC4CCCCC4)C(C)(C)C)C3)n2)cc1. The molecule has 0 radical (unpaired) electrons. The van der Waals surface area contributed by atoms with Crippen LogP contribution in [0.5, 0.6) is 5.75 Å². The van der Waals surface area contributed by atoms with E-state index < -0.39 is 86.9 Å². The van der Waals surface area contributed by atoms with Crippen molar-refractivity contribution in [2.45, 2.75) is 120 Å². The third kappa shape index (κ3) is 8.38. The van der Waals surface area contributed by atoms with Crippen LogP contribution >= 0.6 is 0 Å². The monoisotopic (exact) mass is 763 g/mol. The topological polar surface area (TPSA) is 207 Å². The third-order valence-corrected chi connectivity index (χ3v) is 12.4. The number of halogens is 2. The van der Waals surface area contributed by atoms with Crippen molar-refractivity contribution in [2.75, 3.05) is 13.7 Å². The molecule has 2 heterocycles. The number of nitrogens with one attached hydrogen (secondary N) is 4. The van der Waals surface area contributed by atoms with Gasteiger partial charge in [0.1, 0.15) is 23.4 Å². The Kier molecular flexibility index (Phi) is 10.7. The molecule has 1 aromatic carbocycles. The van der Waals surface area contributed by atoms with Crippen LogP contribution in [-0.4, -0.2) is 106 Å². The van der Waals surface area contributed by atoms with Gasteiger partial charge in [-0.25, -0.2) is 22.0 Å². The van der Waals surface area contributed by atoms with Gasteiger partial charge in [-0.15, -0.1) is 10.2 Å². The lowest BCUT2D eigenvalue weighted by atomic mass is 9.85. The van der Waals surface area contributed by atoms with E-state index >= 15 is 0 Å². The predicted octanol–water partition coefficient (Wildman–Crippen LogP) is 2.29. The molecule has 53 heavy (non-hydrogen) atoms. The molecule has 1 aromatic heterocycles. The summed E-state index contributed by atoms with van der Waals surface area (Å²) in [7, 11) is -2.58. The molecule has 3 saturated carbocycles. The van der Waals surface area contributed by atoms with Crippen molar-refractivity contribution in [3.05, 3.63) is 24.3 Å². The zero-order chi connectivity index (χ0) is 38.3. The Hall–Kier alpha value is -4.42. The van der Waals surface area contributed by atoms with Crippen LogP contribution in [0.4, 0.5) is 13.6 Å². The summed E-state index contributed by atoms with van der Waals surface area (Å²) in [6.07, 6.45) is 1.72. The lowest BCUT2D eigenvalue weighted by Crippen LogP contribution is -2.61. The standard InChI is InChI=1S/C34H47F2N9O7S/c1-33(2,3)26(38-32(49)37-20-8-6-5-7-9-20)30(47)44-18-21(45-41-28(40-43-45)19-10-12-22(52-4)13-11-19)16-25(44)29(46)39-34(17-24(34)27(35)36)31(48)42-53(50,51)23-14-15-23/h10-13,20-21,23-27H,5-9,14-18H2,1-4H3,(H,39,46)(H,42,48)(H2,37,38,49)/t21-,24+,25?,26-,34-/m1/s1. The number of aromatic nitrogens is 4. The van der Waals surface area contributed by atoms with Crippen molar-refractivity contribution in [2.24, 2.45) is 11.3 Å². The summed E-state index contributed by atoms with van der Waals surface area (Å²) in [4.78, 5) is 57.7. The Morgan fingerprint density at radius 3 is 2.28 bits per heavy atom. The summed E-state index contributed by atoms with van der Waals surface area (Å²) in [6.45, 7) is 5.16. The van der Waals surface area contributed by atoms with Crippen LogP contribution in [0.15, 0.2) is 24.3 Å². The first-order valence-corrected chi connectivity index (χ1v) is 19.5. The smallest absolute Gasteiger partial charge is 0.315 e. The number of methoxy groups -OCH3 is 1. The Bertz CT molecular complexity index is 1810. The molecule has 1 aliphatic heterocycles. The number of nitrogens with zero attached hydrogens (tertiary/aromatic N) is 5. The van der Waals surface area contributed by atoms with Gasteiger partial charge in [0, 0.05) is 24.6 Å². The van der Waals surface area contributed by atoms with Crippen LogP contribution in [-0.2, 0) is 24.4 Å². The Morgan fingerprint density at radius 1 is 1.02 bits per heavy atom. The fraction of sp³-hybridized carbons (Fsp3) is 0.676. The zero-order valence-electron chi connectivity index (χ0n) is 30.2. The van der Waals surface area contributed by atoms with Gasteiger partial charge in [-0.2, -0.15) is 4.80 Å². The van der Waals surface area contributed by atoms with E-state index in [1.54, 1.807) is 45.0 Å². The molecule has 19 heteroatoms. The highest BCUT2D eigenvalue weighted by Gasteiger charge is 2.67. The Labute approximate surface area is 306 Å². The van der Waals surface area contributed by atoms with Crippen molar-refractivity contribution >= 4 is 33.8 Å². The number of likely N-dealkylation sites (tertiary alicyclic amines) is 1. The molecule has 5 amide bonds. The molecule has 290 valence electrons. The van der Waals surface area contributed by atoms with Gasteiger partial charge in [0.15, 0.2) is 0 Å². The first-order valence-electron chi connectivity index (χ1n) is 18.0. The minimum absolute atomic E-state index is 0.0418. The number of alkyl halides is 2. The average molecular weight is 764 g/mol. The van der Waals surface area contributed by atoms with Gasteiger partial charge in [-0.3, -0.25) is 19.1 Å². The minimum atomic E-state index is -4.12. The van der Waals surface area contributed by atoms with Crippen LogP contribution in [0.1, 0.15) is 84.6 Å². The molecule has 4 aliphatic rings.